The van der Waals surface area contributed by atoms with Crippen molar-refractivity contribution in [2.75, 3.05) is 6.61 Å². The van der Waals surface area contributed by atoms with Crippen LogP contribution >= 0.6 is 15.9 Å². The van der Waals surface area contributed by atoms with Crippen LogP contribution in [0.5, 0.6) is 5.75 Å². The van der Waals surface area contributed by atoms with Crippen LogP contribution in [-0.2, 0) is 0 Å². The van der Waals surface area contributed by atoms with Crippen molar-refractivity contribution >= 4 is 15.9 Å². The molecule has 1 aromatic rings. The second-order valence-corrected chi connectivity index (χ2v) is 5.44. The normalized spacial score (nSPS) is 17.9. The van der Waals surface area contributed by atoms with Crippen molar-refractivity contribution in [2.45, 2.75) is 32.2 Å². The van der Waals surface area contributed by atoms with Gasteiger partial charge in [0.2, 0.25) is 0 Å². The predicted molar refractivity (Wildman–Crippen MR) is 69.6 cm³/mol. The van der Waals surface area contributed by atoms with E-state index < -0.39 is 0 Å². The Morgan fingerprint density at radius 2 is 2.25 bits per heavy atom. The average molecular weight is 284 g/mol. The van der Waals surface area contributed by atoms with Crippen molar-refractivity contribution < 1.29 is 4.74 Å². The van der Waals surface area contributed by atoms with Crippen LogP contribution in [0, 0.1) is 5.92 Å². The molecule has 88 valence electrons. The Morgan fingerprint density at radius 1 is 1.50 bits per heavy atom. The van der Waals surface area contributed by atoms with Gasteiger partial charge in [-0.1, -0.05) is 12.5 Å². The van der Waals surface area contributed by atoms with Crippen LogP contribution in [0.2, 0.25) is 0 Å². The number of benzene rings is 1. The predicted octanol–water partition coefficient (Wildman–Crippen LogP) is 3.65. The molecule has 1 atom stereocenters. The Morgan fingerprint density at radius 3 is 2.75 bits per heavy atom. The Kier molecular flexibility index (Phi) is 3.87. The Bertz CT molecular complexity index is 361. The van der Waals surface area contributed by atoms with Crippen LogP contribution in [-0.4, -0.2) is 6.61 Å². The molecule has 2 rings (SSSR count). The number of ether oxygens (including phenoxy) is 1. The summed E-state index contributed by atoms with van der Waals surface area (Å²) in [4.78, 5) is 0. The maximum atomic E-state index is 5.82. The van der Waals surface area contributed by atoms with Gasteiger partial charge >= 0.3 is 0 Å². The zero-order valence-corrected chi connectivity index (χ0v) is 11.2. The van der Waals surface area contributed by atoms with E-state index in [0.717, 1.165) is 28.3 Å². The molecule has 0 spiro atoms. The summed E-state index contributed by atoms with van der Waals surface area (Å²) in [6.07, 6.45) is 3.99. The minimum absolute atomic E-state index is 0.0667. The summed E-state index contributed by atoms with van der Waals surface area (Å²) in [6, 6.07) is 6.14. The summed E-state index contributed by atoms with van der Waals surface area (Å²) < 4.78 is 6.79. The Balaban J connectivity index is 1.98. The summed E-state index contributed by atoms with van der Waals surface area (Å²) in [5.41, 5.74) is 6.95. The highest BCUT2D eigenvalue weighted by Gasteiger charge is 2.18. The largest absolute Gasteiger partial charge is 0.492 e. The first-order valence-electron chi connectivity index (χ1n) is 5.84. The third-order valence-electron chi connectivity index (χ3n) is 3.18. The number of nitrogens with two attached hydrogens (primary N) is 1. The van der Waals surface area contributed by atoms with Gasteiger partial charge in [-0.3, -0.25) is 0 Å². The first-order chi connectivity index (χ1) is 7.66. The molecule has 1 fully saturated rings. The average Bonchev–Trinajstić information content (AvgIpc) is 2.17. The zero-order valence-electron chi connectivity index (χ0n) is 9.58. The number of rotatable bonds is 4. The van der Waals surface area contributed by atoms with Crippen molar-refractivity contribution in [1.29, 1.82) is 0 Å². The minimum Gasteiger partial charge on any atom is -0.492 e. The van der Waals surface area contributed by atoms with E-state index in [1.165, 1.54) is 19.3 Å². The highest BCUT2D eigenvalue weighted by Crippen LogP contribution is 2.31. The van der Waals surface area contributed by atoms with Crippen LogP contribution in [0.1, 0.15) is 37.8 Å². The topological polar surface area (TPSA) is 35.2 Å². The van der Waals surface area contributed by atoms with Gasteiger partial charge in [-0.15, -0.1) is 0 Å². The third-order valence-corrected chi connectivity index (χ3v) is 3.80. The maximum absolute atomic E-state index is 5.82. The van der Waals surface area contributed by atoms with Gasteiger partial charge in [0.25, 0.3) is 0 Å². The number of halogens is 1. The summed E-state index contributed by atoms with van der Waals surface area (Å²) in [5, 5.41) is 0. The smallest absolute Gasteiger partial charge is 0.133 e. The molecular weight excluding hydrogens is 266 g/mol. The molecule has 0 saturated heterocycles. The van der Waals surface area contributed by atoms with Crippen LogP contribution in [0.3, 0.4) is 0 Å². The fourth-order valence-electron chi connectivity index (χ4n) is 1.78. The molecule has 1 unspecified atom stereocenters. The third kappa shape index (κ3) is 2.77. The molecule has 1 aromatic carbocycles. The minimum atomic E-state index is 0.0667. The van der Waals surface area contributed by atoms with Crippen LogP contribution in [0.4, 0.5) is 0 Å². The summed E-state index contributed by atoms with van der Waals surface area (Å²) in [7, 11) is 0. The summed E-state index contributed by atoms with van der Waals surface area (Å²) in [6.45, 7) is 2.83. The fourth-order valence-corrected chi connectivity index (χ4v) is 2.30. The lowest BCUT2D eigenvalue weighted by molar-refractivity contribution is 0.180. The number of hydrogen-bond donors (Lipinski definition) is 1. The highest BCUT2D eigenvalue weighted by molar-refractivity contribution is 9.10. The lowest BCUT2D eigenvalue weighted by Crippen LogP contribution is -2.19. The van der Waals surface area contributed by atoms with Crippen LogP contribution in [0.15, 0.2) is 22.7 Å². The molecule has 1 aliphatic carbocycles. The first-order valence-corrected chi connectivity index (χ1v) is 6.64. The molecular formula is C13H18BrNO. The van der Waals surface area contributed by atoms with Crippen LogP contribution in [0.25, 0.3) is 0 Å². The Hall–Kier alpha value is -0.540. The molecule has 0 aliphatic heterocycles. The van der Waals surface area contributed by atoms with Crippen molar-refractivity contribution in [3.63, 3.8) is 0 Å². The van der Waals surface area contributed by atoms with Crippen LogP contribution < -0.4 is 10.5 Å². The second-order valence-electron chi connectivity index (χ2n) is 4.59. The van der Waals surface area contributed by atoms with Gasteiger partial charge in [0.1, 0.15) is 5.75 Å². The first kappa shape index (κ1) is 11.9. The van der Waals surface area contributed by atoms with E-state index >= 15 is 0 Å². The molecule has 0 radical (unpaired) electrons. The molecule has 0 heterocycles. The number of hydrogen-bond acceptors (Lipinski definition) is 2. The molecule has 0 amide bonds. The lowest BCUT2D eigenvalue weighted by Gasteiger charge is -2.25. The van der Waals surface area contributed by atoms with Crippen molar-refractivity contribution in [3.05, 3.63) is 28.2 Å². The fraction of sp³-hybridized carbons (Fsp3) is 0.538. The van der Waals surface area contributed by atoms with Gasteiger partial charge in [-0.05, 0) is 59.3 Å². The van der Waals surface area contributed by atoms with Gasteiger partial charge in [-0.2, -0.15) is 0 Å². The monoisotopic (exact) mass is 283 g/mol. The summed E-state index contributed by atoms with van der Waals surface area (Å²) >= 11 is 3.52. The standard InChI is InChI=1S/C13H18BrNO/c1-9(15)11-5-6-13(12(14)7-11)16-8-10-3-2-4-10/h5-7,9-10H,2-4,8,15H2,1H3. The van der Waals surface area contributed by atoms with Gasteiger partial charge in [-0.25, -0.2) is 0 Å². The highest BCUT2D eigenvalue weighted by atomic mass is 79.9. The quantitative estimate of drug-likeness (QED) is 0.916. The Labute approximate surface area is 105 Å². The second kappa shape index (κ2) is 5.19. The molecule has 3 heteroatoms. The molecule has 2 N–H and O–H groups in total. The van der Waals surface area contributed by atoms with E-state index in [1.807, 2.05) is 25.1 Å². The van der Waals surface area contributed by atoms with E-state index in [1.54, 1.807) is 0 Å². The van der Waals surface area contributed by atoms with Crippen molar-refractivity contribution in [3.8, 4) is 5.75 Å². The molecule has 1 aliphatic rings. The van der Waals surface area contributed by atoms with Gasteiger partial charge in [0.15, 0.2) is 0 Å². The van der Waals surface area contributed by atoms with E-state index in [-0.39, 0.29) is 6.04 Å². The molecule has 0 aromatic heterocycles. The molecule has 16 heavy (non-hydrogen) atoms. The summed E-state index contributed by atoms with van der Waals surface area (Å²) in [5.74, 6) is 1.69. The molecule has 2 nitrogen and oxygen atoms in total. The van der Waals surface area contributed by atoms with Gasteiger partial charge in [0.05, 0.1) is 11.1 Å². The van der Waals surface area contributed by atoms with Gasteiger partial charge in [0, 0.05) is 6.04 Å². The maximum Gasteiger partial charge on any atom is 0.133 e. The van der Waals surface area contributed by atoms with E-state index in [2.05, 4.69) is 15.9 Å². The van der Waals surface area contributed by atoms with Crippen molar-refractivity contribution in [1.82, 2.24) is 0 Å². The zero-order chi connectivity index (χ0) is 11.5. The van der Waals surface area contributed by atoms with Crippen molar-refractivity contribution in [2.24, 2.45) is 11.7 Å². The lowest BCUT2D eigenvalue weighted by atomic mass is 9.86. The van der Waals surface area contributed by atoms with Gasteiger partial charge < -0.3 is 10.5 Å². The SMILES string of the molecule is CC(N)c1ccc(OCC2CCC2)c(Br)c1. The van der Waals surface area contributed by atoms with E-state index in [4.69, 9.17) is 10.5 Å². The van der Waals surface area contributed by atoms with E-state index in [9.17, 15) is 0 Å². The van der Waals surface area contributed by atoms with E-state index in [0.29, 0.717) is 0 Å². The molecule has 1 saturated carbocycles. The molecule has 0 bridgehead atoms.